The highest BCUT2D eigenvalue weighted by atomic mass is 32.2. The summed E-state index contributed by atoms with van der Waals surface area (Å²) < 4.78 is 4.83. The van der Waals surface area contributed by atoms with Crippen LogP contribution in [0.2, 0.25) is 0 Å². The maximum atomic E-state index is 10.6. The molecule has 0 rings (SSSR count). The van der Waals surface area contributed by atoms with Gasteiger partial charge < -0.3 is 4.74 Å². The molecule has 0 unspecified atom stereocenters. The predicted molar refractivity (Wildman–Crippen MR) is 39.6 cm³/mol. The molecular formula is C6H12O2S. The molecular weight excluding hydrogens is 136 g/mol. The predicted octanol–water partition coefficient (Wildman–Crippen LogP) is 1.30. The van der Waals surface area contributed by atoms with Gasteiger partial charge in [0.05, 0.1) is 11.9 Å². The molecule has 0 fully saturated rings. The number of esters is 1. The molecule has 9 heavy (non-hydrogen) atoms. The smallest absolute Gasteiger partial charge is 0.316 e. The van der Waals surface area contributed by atoms with E-state index in [4.69, 9.17) is 4.74 Å². The van der Waals surface area contributed by atoms with Gasteiger partial charge in [-0.25, -0.2) is 0 Å². The summed E-state index contributed by atoms with van der Waals surface area (Å²) >= 11 is 1.48. The third kappa shape index (κ3) is 5.69. The van der Waals surface area contributed by atoms with Gasteiger partial charge in [0.1, 0.15) is 0 Å². The second kappa shape index (κ2) is 4.68. The van der Waals surface area contributed by atoms with Crippen LogP contribution in [0, 0.1) is 0 Å². The molecule has 0 saturated carbocycles. The van der Waals surface area contributed by atoms with Gasteiger partial charge in [0.25, 0.3) is 0 Å². The molecule has 0 amide bonds. The van der Waals surface area contributed by atoms with Crippen LogP contribution in [0.25, 0.3) is 0 Å². The van der Waals surface area contributed by atoms with Gasteiger partial charge in [0.2, 0.25) is 0 Å². The lowest BCUT2D eigenvalue weighted by molar-refractivity contribution is -0.144. The van der Waals surface area contributed by atoms with Gasteiger partial charge in [0, 0.05) is 0 Å². The molecule has 0 atom stereocenters. The average molecular weight is 148 g/mol. The molecule has 0 aliphatic heterocycles. The van der Waals surface area contributed by atoms with Crippen molar-refractivity contribution in [1.29, 1.82) is 0 Å². The lowest BCUT2D eigenvalue weighted by Crippen LogP contribution is -2.12. The zero-order chi connectivity index (χ0) is 7.28. The van der Waals surface area contributed by atoms with Crippen LogP contribution in [-0.4, -0.2) is 24.1 Å². The van der Waals surface area contributed by atoms with Crippen molar-refractivity contribution < 1.29 is 9.53 Å². The normalized spacial score (nSPS) is 9.78. The van der Waals surface area contributed by atoms with Crippen LogP contribution in [-0.2, 0) is 9.53 Å². The van der Waals surface area contributed by atoms with E-state index in [1.165, 1.54) is 11.8 Å². The van der Waals surface area contributed by atoms with Gasteiger partial charge in [-0.3, -0.25) is 4.79 Å². The summed E-state index contributed by atoms with van der Waals surface area (Å²) in [7, 11) is 0. The van der Waals surface area contributed by atoms with Crippen LogP contribution in [0.4, 0.5) is 0 Å². The second-order valence-electron chi connectivity index (χ2n) is 1.97. The Morgan fingerprint density at radius 3 is 2.56 bits per heavy atom. The van der Waals surface area contributed by atoms with Gasteiger partial charge in [0.15, 0.2) is 0 Å². The molecule has 0 aliphatic carbocycles. The van der Waals surface area contributed by atoms with Gasteiger partial charge >= 0.3 is 5.97 Å². The minimum absolute atomic E-state index is 0.0182. The summed E-state index contributed by atoms with van der Waals surface area (Å²) in [6.07, 6.45) is 1.89. The zero-order valence-electron chi connectivity index (χ0n) is 6.01. The number of thioether (sulfide) groups is 1. The van der Waals surface area contributed by atoms with Crippen molar-refractivity contribution >= 4 is 17.7 Å². The zero-order valence-corrected chi connectivity index (χ0v) is 6.83. The summed E-state index contributed by atoms with van der Waals surface area (Å²) in [5.41, 5.74) is 0. The summed E-state index contributed by atoms with van der Waals surface area (Å²) in [5.74, 6) is 0.329. The first-order valence-corrected chi connectivity index (χ1v) is 4.24. The Labute approximate surface area is 60.0 Å². The first kappa shape index (κ1) is 8.82. The highest BCUT2D eigenvalue weighted by Crippen LogP contribution is 1.95. The fraction of sp³-hybridized carbons (Fsp3) is 0.833. The first-order chi connectivity index (χ1) is 4.16. The van der Waals surface area contributed by atoms with Gasteiger partial charge in [-0.05, 0) is 20.1 Å². The van der Waals surface area contributed by atoms with Crippen molar-refractivity contribution in [2.75, 3.05) is 12.0 Å². The van der Waals surface area contributed by atoms with Crippen LogP contribution >= 0.6 is 11.8 Å². The monoisotopic (exact) mass is 148 g/mol. The maximum Gasteiger partial charge on any atom is 0.316 e. The number of ether oxygens (including phenoxy) is 1. The van der Waals surface area contributed by atoms with E-state index in [1.54, 1.807) is 0 Å². The Bertz CT molecular complexity index is 91.1. The van der Waals surface area contributed by atoms with Gasteiger partial charge in [-0.1, -0.05) is 0 Å². The Balaban J connectivity index is 3.27. The first-order valence-electron chi connectivity index (χ1n) is 2.85. The highest BCUT2D eigenvalue weighted by molar-refractivity contribution is 7.99. The molecule has 2 nitrogen and oxygen atoms in total. The van der Waals surface area contributed by atoms with Crippen molar-refractivity contribution in [1.82, 2.24) is 0 Å². The van der Waals surface area contributed by atoms with E-state index in [-0.39, 0.29) is 12.1 Å². The fourth-order valence-corrected chi connectivity index (χ4v) is 0.719. The van der Waals surface area contributed by atoms with E-state index in [0.29, 0.717) is 5.75 Å². The molecule has 0 heterocycles. The number of carbonyl (C=O) groups is 1. The van der Waals surface area contributed by atoms with E-state index in [9.17, 15) is 4.79 Å². The average Bonchev–Trinajstić information content (AvgIpc) is 1.63. The SMILES string of the molecule is CSCC(=O)OC(C)C. The molecule has 0 saturated heterocycles. The van der Waals surface area contributed by atoms with Crippen molar-refractivity contribution in [2.45, 2.75) is 20.0 Å². The number of hydrogen-bond acceptors (Lipinski definition) is 3. The van der Waals surface area contributed by atoms with E-state index in [0.717, 1.165) is 0 Å². The summed E-state index contributed by atoms with van der Waals surface area (Å²) in [6, 6.07) is 0. The van der Waals surface area contributed by atoms with Gasteiger partial charge in [-0.15, -0.1) is 0 Å². The molecule has 0 N–H and O–H groups in total. The topological polar surface area (TPSA) is 26.3 Å². The molecule has 0 bridgehead atoms. The molecule has 0 aromatic heterocycles. The lowest BCUT2D eigenvalue weighted by atomic mass is 10.5. The van der Waals surface area contributed by atoms with Crippen LogP contribution in [0.5, 0.6) is 0 Å². The largest absolute Gasteiger partial charge is 0.462 e. The second-order valence-corrected chi connectivity index (χ2v) is 2.84. The summed E-state index contributed by atoms with van der Waals surface area (Å²) in [4.78, 5) is 10.6. The quantitative estimate of drug-likeness (QED) is 0.564. The molecule has 0 radical (unpaired) electrons. The van der Waals surface area contributed by atoms with E-state index < -0.39 is 0 Å². The van der Waals surface area contributed by atoms with Crippen molar-refractivity contribution in [3.8, 4) is 0 Å². The van der Waals surface area contributed by atoms with Crippen LogP contribution in [0.3, 0.4) is 0 Å². The van der Waals surface area contributed by atoms with Crippen molar-refractivity contribution in [2.24, 2.45) is 0 Å². The van der Waals surface area contributed by atoms with Crippen molar-refractivity contribution in [3.05, 3.63) is 0 Å². The van der Waals surface area contributed by atoms with Crippen LogP contribution < -0.4 is 0 Å². The van der Waals surface area contributed by atoms with E-state index in [1.807, 2.05) is 20.1 Å². The molecule has 0 aliphatic rings. The van der Waals surface area contributed by atoms with E-state index in [2.05, 4.69) is 0 Å². The minimum atomic E-state index is -0.127. The standard InChI is InChI=1S/C6H12O2S/c1-5(2)8-6(7)4-9-3/h5H,4H2,1-3H3. The Morgan fingerprint density at radius 2 is 2.22 bits per heavy atom. The molecule has 54 valence electrons. The molecule has 0 aromatic rings. The molecule has 0 spiro atoms. The Morgan fingerprint density at radius 1 is 1.67 bits per heavy atom. The Hall–Kier alpha value is -0.180. The summed E-state index contributed by atoms with van der Waals surface area (Å²) in [5, 5.41) is 0. The highest BCUT2D eigenvalue weighted by Gasteiger charge is 2.01. The third-order valence-electron chi connectivity index (χ3n) is 0.629. The number of carbonyl (C=O) groups excluding carboxylic acids is 1. The van der Waals surface area contributed by atoms with Crippen LogP contribution in [0.15, 0.2) is 0 Å². The third-order valence-corrected chi connectivity index (χ3v) is 1.15. The minimum Gasteiger partial charge on any atom is -0.462 e. The molecule has 3 heteroatoms. The molecule has 0 aromatic carbocycles. The Kier molecular flexibility index (Phi) is 4.58. The van der Waals surface area contributed by atoms with Gasteiger partial charge in [-0.2, -0.15) is 11.8 Å². The van der Waals surface area contributed by atoms with Crippen molar-refractivity contribution in [3.63, 3.8) is 0 Å². The lowest BCUT2D eigenvalue weighted by Gasteiger charge is -2.05. The maximum absolute atomic E-state index is 10.6. The number of rotatable bonds is 3. The van der Waals surface area contributed by atoms with E-state index >= 15 is 0 Å². The summed E-state index contributed by atoms with van der Waals surface area (Å²) in [6.45, 7) is 3.69. The fourth-order valence-electron chi connectivity index (χ4n) is 0.415. The van der Waals surface area contributed by atoms with Crippen LogP contribution in [0.1, 0.15) is 13.8 Å². The number of hydrogen-bond donors (Lipinski definition) is 0.